The van der Waals surface area contributed by atoms with E-state index in [4.69, 9.17) is 0 Å². The highest BCUT2D eigenvalue weighted by Crippen LogP contribution is 2.38. The van der Waals surface area contributed by atoms with E-state index < -0.39 is 12.0 Å². The number of hydrogen-bond donors (Lipinski definition) is 1. The molecule has 1 aromatic heterocycles. The molecule has 25 heavy (non-hydrogen) atoms. The molecule has 4 rings (SSSR count). The lowest BCUT2D eigenvalue weighted by Gasteiger charge is -2.30. The zero-order valence-electron chi connectivity index (χ0n) is 14.0. The number of carbonyl (C=O) groups is 1. The molecule has 2 heterocycles. The first-order valence-electron chi connectivity index (χ1n) is 8.05. The monoisotopic (exact) mass is 331 g/mol. The summed E-state index contributed by atoms with van der Waals surface area (Å²) in [5.74, 6) is -0.637. The number of hydrogen-bond acceptors (Lipinski definition) is 4. The van der Waals surface area contributed by atoms with E-state index >= 15 is 0 Å². The number of para-hydroxylation sites is 2. The third-order valence-corrected chi connectivity index (χ3v) is 4.60. The molecule has 6 heteroatoms. The summed E-state index contributed by atoms with van der Waals surface area (Å²) < 4.78 is 1.95. The standard InChI is InChI=1S/C19H17N5O/c1-23(2)13-9-7-12(8-10-13)17-14(11-20)18(25)22-19-21-15-5-3-4-6-16(15)24(17)19/h3-10,14,17H,1-2H3,(H,21,22,25)/t14-,17-/m0/s1. The van der Waals surface area contributed by atoms with Crippen molar-refractivity contribution < 1.29 is 4.79 Å². The summed E-state index contributed by atoms with van der Waals surface area (Å²) in [4.78, 5) is 18.9. The second kappa shape index (κ2) is 5.64. The second-order valence-corrected chi connectivity index (χ2v) is 6.32. The zero-order valence-corrected chi connectivity index (χ0v) is 14.0. The number of nitrogens with one attached hydrogen (secondary N) is 1. The van der Waals surface area contributed by atoms with Crippen molar-refractivity contribution in [2.24, 2.45) is 5.92 Å². The van der Waals surface area contributed by atoms with Gasteiger partial charge in [-0.05, 0) is 29.8 Å². The molecule has 1 N–H and O–H groups in total. The Kier molecular flexibility index (Phi) is 3.43. The van der Waals surface area contributed by atoms with Crippen LogP contribution in [0.25, 0.3) is 11.0 Å². The van der Waals surface area contributed by atoms with Crippen molar-refractivity contribution in [1.29, 1.82) is 5.26 Å². The van der Waals surface area contributed by atoms with E-state index in [1.807, 2.05) is 72.1 Å². The van der Waals surface area contributed by atoms with Gasteiger partial charge in [0, 0.05) is 19.8 Å². The lowest BCUT2D eigenvalue weighted by atomic mass is 9.91. The average Bonchev–Trinajstić information content (AvgIpc) is 2.98. The van der Waals surface area contributed by atoms with Gasteiger partial charge in [0.25, 0.3) is 0 Å². The number of rotatable bonds is 2. The number of amides is 1. The molecule has 2 aromatic carbocycles. The Hall–Kier alpha value is -3.33. The Morgan fingerprint density at radius 1 is 1.16 bits per heavy atom. The molecule has 1 amide bonds. The molecule has 0 fully saturated rings. The molecule has 3 aromatic rings. The van der Waals surface area contributed by atoms with Gasteiger partial charge in [0.2, 0.25) is 11.9 Å². The Morgan fingerprint density at radius 3 is 2.56 bits per heavy atom. The van der Waals surface area contributed by atoms with Gasteiger partial charge in [-0.15, -0.1) is 0 Å². The minimum Gasteiger partial charge on any atom is -0.378 e. The maximum Gasteiger partial charge on any atom is 0.246 e. The van der Waals surface area contributed by atoms with E-state index in [2.05, 4.69) is 16.4 Å². The summed E-state index contributed by atoms with van der Waals surface area (Å²) in [6.45, 7) is 0. The van der Waals surface area contributed by atoms with Crippen molar-refractivity contribution >= 4 is 28.6 Å². The molecule has 6 nitrogen and oxygen atoms in total. The van der Waals surface area contributed by atoms with Crippen LogP contribution in [0.15, 0.2) is 48.5 Å². The van der Waals surface area contributed by atoms with Crippen LogP contribution in [0.5, 0.6) is 0 Å². The van der Waals surface area contributed by atoms with Crippen molar-refractivity contribution in [2.75, 3.05) is 24.3 Å². The largest absolute Gasteiger partial charge is 0.378 e. The SMILES string of the molecule is CN(C)c1ccc([C@H]2[C@H](C#N)C(=O)Nc3nc4ccccc4n32)cc1. The fourth-order valence-electron chi connectivity index (χ4n) is 3.34. The van der Waals surface area contributed by atoms with Gasteiger partial charge < -0.3 is 9.47 Å². The number of imidazole rings is 1. The Bertz CT molecular complexity index is 997. The molecule has 0 saturated heterocycles. The zero-order chi connectivity index (χ0) is 17.6. The molecular weight excluding hydrogens is 314 g/mol. The van der Waals surface area contributed by atoms with E-state index in [1.165, 1.54) is 0 Å². The maximum absolute atomic E-state index is 12.4. The van der Waals surface area contributed by atoms with Crippen LogP contribution >= 0.6 is 0 Å². The number of anilines is 2. The Balaban J connectivity index is 1.93. The first-order chi connectivity index (χ1) is 12.1. The fraction of sp³-hybridized carbons (Fsp3) is 0.211. The lowest BCUT2D eigenvalue weighted by molar-refractivity contribution is -0.119. The van der Waals surface area contributed by atoms with Crippen molar-refractivity contribution in [3.05, 3.63) is 54.1 Å². The van der Waals surface area contributed by atoms with Crippen LogP contribution in [0.1, 0.15) is 11.6 Å². The molecule has 0 aliphatic carbocycles. The van der Waals surface area contributed by atoms with Gasteiger partial charge in [-0.2, -0.15) is 5.26 Å². The molecule has 0 spiro atoms. The molecule has 1 aliphatic heterocycles. The molecule has 0 unspecified atom stereocenters. The summed E-state index contributed by atoms with van der Waals surface area (Å²) in [7, 11) is 3.95. The highest BCUT2D eigenvalue weighted by Gasteiger charge is 2.38. The fourth-order valence-corrected chi connectivity index (χ4v) is 3.34. The molecular formula is C19H17N5O. The van der Waals surface area contributed by atoms with Crippen LogP contribution in [0.3, 0.4) is 0 Å². The summed E-state index contributed by atoms with van der Waals surface area (Å²) in [5, 5.41) is 12.4. The average molecular weight is 331 g/mol. The van der Waals surface area contributed by atoms with Gasteiger partial charge in [0.1, 0.15) is 0 Å². The number of aromatic nitrogens is 2. The summed E-state index contributed by atoms with van der Waals surface area (Å²) in [6, 6.07) is 17.4. The molecule has 2 atom stereocenters. The van der Waals surface area contributed by atoms with Crippen LogP contribution in [-0.2, 0) is 4.79 Å². The number of nitrogens with zero attached hydrogens (tertiary/aromatic N) is 4. The van der Waals surface area contributed by atoms with Gasteiger partial charge >= 0.3 is 0 Å². The van der Waals surface area contributed by atoms with E-state index in [0.717, 1.165) is 22.3 Å². The van der Waals surface area contributed by atoms with Crippen LogP contribution in [0.4, 0.5) is 11.6 Å². The molecule has 0 bridgehead atoms. The minimum absolute atomic E-state index is 0.313. The van der Waals surface area contributed by atoms with Crippen LogP contribution in [-0.4, -0.2) is 29.6 Å². The number of benzene rings is 2. The third-order valence-electron chi connectivity index (χ3n) is 4.60. The Labute approximate surface area is 145 Å². The maximum atomic E-state index is 12.4. The number of fused-ring (bicyclic) bond motifs is 3. The topological polar surface area (TPSA) is 74.0 Å². The first-order valence-corrected chi connectivity index (χ1v) is 8.05. The highest BCUT2D eigenvalue weighted by molar-refractivity contribution is 5.97. The quantitative estimate of drug-likeness (QED) is 0.783. The Morgan fingerprint density at radius 2 is 1.88 bits per heavy atom. The summed E-state index contributed by atoms with van der Waals surface area (Å²) >= 11 is 0. The minimum atomic E-state index is -0.810. The lowest BCUT2D eigenvalue weighted by Crippen LogP contribution is -2.37. The predicted molar refractivity (Wildman–Crippen MR) is 96.4 cm³/mol. The van der Waals surface area contributed by atoms with Gasteiger partial charge in [-0.25, -0.2) is 4.98 Å². The summed E-state index contributed by atoms with van der Waals surface area (Å²) in [5.41, 5.74) is 3.68. The van der Waals surface area contributed by atoms with Crippen molar-refractivity contribution in [3.8, 4) is 6.07 Å². The van der Waals surface area contributed by atoms with E-state index in [-0.39, 0.29) is 5.91 Å². The summed E-state index contributed by atoms with van der Waals surface area (Å²) in [6.07, 6.45) is 0. The third kappa shape index (κ3) is 2.32. The van der Waals surface area contributed by atoms with Gasteiger partial charge in [-0.1, -0.05) is 24.3 Å². The van der Waals surface area contributed by atoms with Crippen LogP contribution < -0.4 is 10.2 Å². The molecule has 1 aliphatic rings. The van der Waals surface area contributed by atoms with Gasteiger partial charge in [0.15, 0.2) is 5.92 Å². The molecule has 0 saturated carbocycles. The molecule has 0 radical (unpaired) electrons. The van der Waals surface area contributed by atoms with Crippen molar-refractivity contribution in [3.63, 3.8) is 0 Å². The molecule has 124 valence electrons. The first kappa shape index (κ1) is 15.2. The van der Waals surface area contributed by atoms with Crippen LogP contribution in [0.2, 0.25) is 0 Å². The van der Waals surface area contributed by atoms with Crippen LogP contribution in [0, 0.1) is 17.2 Å². The second-order valence-electron chi connectivity index (χ2n) is 6.32. The van der Waals surface area contributed by atoms with Gasteiger partial charge in [0.05, 0.1) is 23.1 Å². The smallest absolute Gasteiger partial charge is 0.246 e. The predicted octanol–water partition coefficient (Wildman–Crippen LogP) is 2.78. The van der Waals surface area contributed by atoms with Crippen molar-refractivity contribution in [2.45, 2.75) is 6.04 Å². The number of carbonyl (C=O) groups excluding carboxylic acids is 1. The van der Waals surface area contributed by atoms with E-state index in [1.54, 1.807) is 0 Å². The van der Waals surface area contributed by atoms with Gasteiger partial charge in [-0.3, -0.25) is 10.1 Å². The van der Waals surface area contributed by atoms with E-state index in [9.17, 15) is 10.1 Å². The van der Waals surface area contributed by atoms with E-state index in [0.29, 0.717) is 5.95 Å². The normalized spacial score (nSPS) is 19.2. The highest BCUT2D eigenvalue weighted by atomic mass is 16.2. The van der Waals surface area contributed by atoms with Crippen molar-refractivity contribution in [1.82, 2.24) is 9.55 Å². The number of nitriles is 1.